The number of amides is 1. The molecule has 0 saturated heterocycles. The smallest absolute Gasteiger partial charge is 0.407 e. The molecule has 0 aliphatic rings. The number of carbonyl (C=O) groups excluding carboxylic acids is 2. The maximum atomic E-state index is 11.9. The quantitative estimate of drug-likeness (QED) is 0.816. The van der Waals surface area contributed by atoms with Crippen LogP contribution in [-0.2, 0) is 20.7 Å². The molecule has 1 rings (SSSR count). The highest BCUT2D eigenvalue weighted by molar-refractivity contribution is 5.72. The van der Waals surface area contributed by atoms with Gasteiger partial charge in [-0.3, -0.25) is 4.79 Å². The zero-order valence-electron chi connectivity index (χ0n) is 13.4. The van der Waals surface area contributed by atoms with E-state index in [0.717, 1.165) is 5.56 Å². The standard InChI is InChI=1S/C16H23NO5/c1-16(2,3)22-15(20)17-12(10-14(19)21-4)9-11-5-7-13(18)8-6-11/h5-8,12,18H,9-10H2,1-4H3,(H,17,20)/t12-/m0/s1. The lowest BCUT2D eigenvalue weighted by atomic mass is 10.0. The fourth-order valence-electron chi connectivity index (χ4n) is 1.85. The maximum absolute atomic E-state index is 11.9. The number of carbonyl (C=O) groups is 2. The molecule has 22 heavy (non-hydrogen) atoms. The van der Waals surface area contributed by atoms with Crippen LogP contribution < -0.4 is 5.32 Å². The molecule has 2 N–H and O–H groups in total. The Bertz CT molecular complexity index is 504. The largest absolute Gasteiger partial charge is 0.508 e. The maximum Gasteiger partial charge on any atom is 0.407 e. The first-order chi connectivity index (χ1) is 10.2. The van der Waals surface area contributed by atoms with Gasteiger partial charge in [-0.05, 0) is 44.9 Å². The van der Waals surface area contributed by atoms with E-state index in [1.165, 1.54) is 7.11 Å². The summed E-state index contributed by atoms with van der Waals surface area (Å²) >= 11 is 0. The summed E-state index contributed by atoms with van der Waals surface area (Å²) in [5, 5.41) is 12.0. The highest BCUT2D eigenvalue weighted by Gasteiger charge is 2.22. The van der Waals surface area contributed by atoms with Crippen LogP contribution in [0.5, 0.6) is 5.75 Å². The number of aromatic hydroxyl groups is 1. The Morgan fingerprint density at radius 2 is 1.82 bits per heavy atom. The summed E-state index contributed by atoms with van der Waals surface area (Å²) in [4.78, 5) is 23.3. The molecule has 0 saturated carbocycles. The van der Waals surface area contributed by atoms with E-state index < -0.39 is 23.7 Å². The van der Waals surface area contributed by atoms with Crippen LogP contribution in [0.3, 0.4) is 0 Å². The van der Waals surface area contributed by atoms with Crippen molar-refractivity contribution < 1.29 is 24.2 Å². The molecule has 6 heteroatoms. The second kappa shape index (κ2) is 7.68. The van der Waals surface area contributed by atoms with E-state index in [0.29, 0.717) is 6.42 Å². The molecule has 0 unspecified atom stereocenters. The lowest BCUT2D eigenvalue weighted by molar-refractivity contribution is -0.141. The van der Waals surface area contributed by atoms with Gasteiger partial charge in [-0.15, -0.1) is 0 Å². The second-order valence-electron chi connectivity index (χ2n) is 5.99. The van der Waals surface area contributed by atoms with Gasteiger partial charge < -0.3 is 19.9 Å². The summed E-state index contributed by atoms with van der Waals surface area (Å²) in [6.45, 7) is 5.30. The van der Waals surface area contributed by atoms with Gasteiger partial charge in [-0.2, -0.15) is 0 Å². The molecule has 1 atom stereocenters. The molecule has 0 spiro atoms. The summed E-state index contributed by atoms with van der Waals surface area (Å²) in [5.74, 6) is -0.256. The number of rotatable bonds is 5. The number of methoxy groups -OCH3 is 1. The van der Waals surface area contributed by atoms with Crippen LogP contribution in [0.25, 0.3) is 0 Å². The summed E-state index contributed by atoms with van der Waals surface area (Å²) in [7, 11) is 1.30. The monoisotopic (exact) mass is 309 g/mol. The summed E-state index contributed by atoms with van der Waals surface area (Å²) in [6, 6.07) is 6.12. The summed E-state index contributed by atoms with van der Waals surface area (Å²) in [5.41, 5.74) is 0.265. The number of nitrogens with one attached hydrogen (secondary N) is 1. The lowest BCUT2D eigenvalue weighted by Gasteiger charge is -2.23. The van der Waals surface area contributed by atoms with Crippen LogP contribution >= 0.6 is 0 Å². The Morgan fingerprint density at radius 3 is 2.32 bits per heavy atom. The van der Waals surface area contributed by atoms with E-state index in [4.69, 9.17) is 4.74 Å². The van der Waals surface area contributed by atoms with Gasteiger partial charge in [-0.25, -0.2) is 4.79 Å². The van der Waals surface area contributed by atoms with Gasteiger partial charge in [0, 0.05) is 6.04 Å². The highest BCUT2D eigenvalue weighted by atomic mass is 16.6. The van der Waals surface area contributed by atoms with Crippen LogP contribution in [0.1, 0.15) is 32.8 Å². The van der Waals surface area contributed by atoms with Crippen molar-refractivity contribution in [3.63, 3.8) is 0 Å². The third kappa shape index (κ3) is 6.97. The molecule has 0 aromatic heterocycles. The molecular weight excluding hydrogens is 286 g/mol. The number of ether oxygens (including phenoxy) is 2. The van der Waals surface area contributed by atoms with Crippen LogP contribution in [0.15, 0.2) is 24.3 Å². The Balaban J connectivity index is 2.73. The van der Waals surface area contributed by atoms with Crippen molar-refractivity contribution in [3.8, 4) is 5.75 Å². The van der Waals surface area contributed by atoms with Gasteiger partial charge in [0.25, 0.3) is 0 Å². The zero-order chi connectivity index (χ0) is 16.8. The second-order valence-corrected chi connectivity index (χ2v) is 5.99. The van der Waals surface area contributed by atoms with Gasteiger partial charge in [0.15, 0.2) is 0 Å². The number of hydrogen-bond donors (Lipinski definition) is 2. The van der Waals surface area contributed by atoms with Crippen molar-refractivity contribution in [2.24, 2.45) is 0 Å². The molecule has 1 aromatic rings. The first kappa shape index (κ1) is 17.8. The van der Waals surface area contributed by atoms with E-state index >= 15 is 0 Å². The van der Waals surface area contributed by atoms with Gasteiger partial charge in [0.05, 0.1) is 13.5 Å². The SMILES string of the molecule is COC(=O)C[C@H](Cc1ccc(O)cc1)NC(=O)OC(C)(C)C. The number of hydrogen-bond acceptors (Lipinski definition) is 5. The third-order valence-electron chi connectivity index (χ3n) is 2.78. The molecule has 0 aliphatic heterocycles. The Hall–Kier alpha value is -2.24. The van der Waals surface area contributed by atoms with Crippen molar-refractivity contribution in [1.82, 2.24) is 5.32 Å². The van der Waals surface area contributed by atoms with E-state index in [1.54, 1.807) is 45.0 Å². The van der Waals surface area contributed by atoms with Crippen molar-refractivity contribution in [2.75, 3.05) is 7.11 Å². The molecule has 122 valence electrons. The Kier molecular flexibility index (Phi) is 6.22. The van der Waals surface area contributed by atoms with Crippen molar-refractivity contribution in [1.29, 1.82) is 0 Å². The van der Waals surface area contributed by atoms with Gasteiger partial charge in [0.1, 0.15) is 11.4 Å². The molecule has 0 radical (unpaired) electrons. The van der Waals surface area contributed by atoms with E-state index in [2.05, 4.69) is 10.1 Å². The minimum absolute atomic E-state index is 0.0383. The average Bonchev–Trinajstić information content (AvgIpc) is 2.38. The Morgan fingerprint density at radius 1 is 1.23 bits per heavy atom. The van der Waals surface area contributed by atoms with Gasteiger partial charge >= 0.3 is 12.1 Å². The molecule has 6 nitrogen and oxygen atoms in total. The molecule has 1 aromatic carbocycles. The molecule has 1 amide bonds. The van der Waals surface area contributed by atoms with Gasteiger partial charge in [0.2, 0.25) is 0 Å². The molecule has 0 bridgehead atoms. The molecular formula is C16H23NO5. The van der Waals surface area contributed by atoms with E-state index in [9.17, 15) is 14.7 Å². The highest BCUT2D eigenvalue weighted by Crippen LogP contribution is 2.13. The van der Waals surface area contributed by atoms with Crippen LogP contribution in [0.4, 0.5) is 4.79 Å². The van der Waals surface area contributed by atoms with Crippen molar-refractivity contribution in [3.05, 3.63) is 29.8 Å². The summed E-state index contributed by atoms with van der Waals surface area (Å²) in [6.07, 6.45) is -0.120. The molecule has 0 aliphatic carbocycles. The molecule has 0 fully saturated rings. The average molecular weight is 309 g/mol. The fraction of sp³-hybridized carbons (Fsp3) is 0.500. The van der Waals surface area contributed by atoms with Crippen LogP contribution in [-0.4, -0.2) is 35.9 Å². The topological polar surface area (TPSA) is 84.9 Å². The van der Waals surface area contributed by atoms with Crippen LogP contribution in [0.2, 0.25) is 0 Å². The number of esters is 1. The first-order valence-electron chi connectivity index (χ1n) is 7.04. The van der Waals surface area contributed by atoms with Gasteiger partial charge in [-0.1, -0.05) is 12.1 Å². The zero-order valence-corrected chi connectivity index (χ0v) is 13.4. The van der Waals surface area contributed by atoms with Crippen LogP contribution in [0, 0.1) is 0 Å². The summed E-state index contributed by atoms with van der Waals surface area (Å²) < 4.78 is 9.85. The minimum atomic E-state index is -0.613. The van der Waals surface area contributed by atoms with E-state index in [-0.39, 0.29) is 12.2 Å². The number of alkyl carbamates (subject to hydrolysis) is 1. The Labute approximate surface area is 130 Å². The van der Waals surface area contributed by atoms with Crippen molar-refractivity contribution in [2.45, 2.75) is 45.3 Å². The first-order valence-corrected chi connectivity index (χ1v) is 7.04. The number of benzene rings is 1. The predicted molar refractivity (Wildman–Crippen MR) is 81.6 cm³/mol. The van der Waals surface area contributed by atoms with E-state index in [1.807, 2.05) is 0 Å². The number of phenolic OH excluding ortho intramolecular Hbond substituents is 1. The minimum Gasteiger partial charge on any atom is -0.508 e. The fourth-order valence-corrected chi connectivity index (χ4v) is 1.85. The predicted octanol–water partition coefficient (Wildman–Crippen LogP) is 2.39. The van der Waals surface area contributed by atoms with Crippen molar-refractivity contribution >= 4 is 12.1 Å². The lowest BCUT2D eigenvalue weighted by Crippen LogP contribution is -2.41. The number of phenols is 1. The molecule has 0 heterocycles. The normalized spacial score (nSPS) is 12.4. The third-order valence-corrected chi connectivity index (χ3v) is 2.78.